The minimum absolute atomic E-state index is 0.546. The monoisotopic (exact) mass is 191 g/mol. The molecular weight excluding hydrogens is 178 g/mol. The lowest BCUT2D eigenvalue weighted by molar-refractivity contribution is 0.878. The molecule has 0 spiro atoms. The summed E-state index contributed by atoms with van der Waals surface area (Å²) in [6, 6.07) is 6.25. The standard InChI is InChI=1S/C11H13NS/c1-7(2)10-6-9(12)5-8-3-4-13-11(8)10/h3-7H,12H2,1-2H3. The first kappa shape index (κ1) is 8.57. The van der Waals surface area contributed by atoms with Gasteiger partial charge >= 0.3 is 0 Å². The van der Waals surface area contributed by atoms with E-state index in [4.69, 9.17) is 5.73 Å². The van der Waals surface area contributed by atoms with Crippen LogP contribution in [0.25, 0.3) is 10.1 Å². The van der Waals surface area contributed by atoms with Crippen LogP contribution >= 0.6 is 11.3 Å². The second-order valence-corrected chi connectivity index (χ2v) is 4.52. The Bertz CT molecular complexity index is 429. The molecule has 0 atom stereocenters. The molecule has 1 aromatic carbocycles. The summed E-state index contributed by atoms with van der Waals surface area (Å²) in [4.78, 5) is 0. The van der Waals surface area contributed by atoms with Gasteiger partial charge in [-0.25, -0.2) is 0 Å². The van der Waals surface area contributed by atoms with E-state index in [0.29, 0.717) is 5.92 Å². The van der Waals surface area contributed by atoms with E-state index in [1.54, 1.807) is 11.3 Å². The summed E-state index contributed by atoms with van der Waals surface area (Å²) in [6.07, 6.45) is 0. The summed E-state index contributed by atoms with van der Waals surface area (Å²) in [6.45, 7) is 4.40. The number of anilines is 1. The number of thiophene rings is 1. The van der Waals surface area contributed by atoms with Gasteiger partial charge in [0, 0.05) is 10.4 Å². The summed E-state index contributed by atoms with van der Waals surface area (Å²) >= 11 is 1.80. The quantitative estimate of drug-likeness (QED) is 0.685. The van der Waals surface area contributed by atoms with Crippen LogP contribution in [0.2, 0.25) is 0 Å². The summed E-state index contributed by atoms with van der Waals surface area (Å²) in [5.74, 6) is 0.546. The van der Waals surface area contributed by atoms with E-state index in [1.165, 1.54) is 15.6 Å². The third-order valence-corrected chi connectivity index (χ3v) is 3.20. The zero-order valence-electron chi connectivity index (χ0n) is 7.87. The van der Waals surface area contributed by atoms with Crippen LogP contribution < -0.4 is 5.73 Å². The van der Waals surface area contributed by atoms with Crippen LogP contribution in [0.3, 0.4) is 0 Å². The van der Waals surface area contributed by atoms with Gasteiger partial charge in [0.05, 0.1) is 0 Å². The fraction of sp³-hybridized carbons (Fsp3) is 0.273. The summed E-state index contributed by atoms with van der Waals surface area (Å²) in [5, 5.41) is 3.39. The van der Waals surface area contributed by atoms with Crippen molar-refractivity contribution in [1.82, 2.24) is 0 Å². The van der Waals surface area contributed by atoms with E-state index in [9.17, 15) is 0 Å². The second kappa shape index (κ2) is 3.04. The maximum absolute atomic E-state index is 5.83. The van der Waals surface area contributed by atoms with Crippen LogP contribution in [0.4, 0.5) is 5.69 Å². The zero-order chi connectivity index (χ0) is 9.42. The highest BCUT2D eigenvalue weighted by Crippen LogP contribution is 2.31. The molecule has 2 N–H and O–H groups in total. The third kappa shape index (κ3) is 1.42. The molecule has 0 unspecified atom stereocenters. The fourth-order valence-electron chi connectivity index (χ4n) is 1.56. The number of rotatable bonds is 1. The predicted octanol–water partition coefficient (Wildman–Crippen LogP) is 3.61. The minimum atomic E-state index is 0.546. The van der Waals surface area contributed by atoms with Crippen molar-refractivity contribution >= 4 is 27.1 Å². The third-order valence-electron chi connectivity index (χ3n) is 2.22. The topological polar surface area (TPSA) is 26.0 Å². The van der Waals surface area contributed by atoms with Gasteiger partial charge in [-0.1, -0.05) is 13.8 Å². The van der Waals surface area contributed by atoms with E-state index < -0.39 is 0 Å². The van der Waals surface area contributed by atoms with Gasteiger partial charge in [0.1, 0.15) is 0 Å². The van der Waals surface area contributed by atoms with Crippen LogP contribution in [0.5, 0.6) is 0 Å². The van der Waals surface area contributed by atoms with Gasteiger partial charge in [-0.05, 0) is 40.4 Å². The Morgan fingerprint density at radius 2 is 2.08 bits per heavy atom. The van der Waals surface area contributed by atoms with Crippen molar-refractivity contribution < 1.29 is 0 Å². The number of hydrogen-bond donors (Lipinski definition) is 1. The molecule has 0 aliphatic rings. The van der Waals surface area contributed by atoms with E-state index in [2.05, 4.69) is 31.4 Å². The van der Waals surface area contributed by atoms with Gasteiger partial charge in [0.2, 0.25) is 0 Å². The van der Waals surface area contributed by atoms with E-state index in [-0.39, 0.29) is 0 Å². The predicted molar refractivity (Wildman–Crippen MR) is 60.3 cm³/mol. The highest BCUT2D eigenvalue weighted by Gasteiger charge is 2.07. The Morgan fingerprint density at radius 3 is 2.77 bits per heavy atom. The molecule has 1 nitrogen and oxygen atoms in total. The van der Waals surface area contributed by atoms with Crippen molar-refractivity contribution in [2.45, 2.75) is 19.8 Å². The first-order valence-corrected chi connectivity index (χ1v) is 5.33. The normalized spacial score (nSPS) is 11.3. The number of nitrogens with two attached hydrogens (primary N) is 1. The van der Waals surface area contributed by atoms with Crippen LogP contribution in [0.15, 0.2) is 23.6 Å². The van der Waals surface area contributed by atoms with Crippen molar-refractivity contribution in [1.29, 1.82) is 0 Å². The molecule has 0 saturated carbocycles. The number of fused-ring (bicyclic) bond motifs is 1. The average molecular weight is 191 g/mol. The zero-order valence-corrected chi connectivity index (χ0v) is 8.69. The van der Waals surface area contributed by atoms with Crippen molar-refractivity contribution in [3.05, 3.63) is 29.1 Å². The lowest BCUT2D eigenvalue weighted by Gasteiger charge is -2.07. The maximum Gasteiger partial charge on any atom is 0.0378 e. The molecule has 2 rings (SSSR count). The van der Waals surface area contributed by atoms with Gasteiger partial charge < -0.3 is 5.73 Å². The van der Waals surface area contributed by atoms with Gasteiger partial charge in [-0.15, -0.1) is 11.3 Å². The van der Waals surface area contributed by atoms with E-state index in [0.717, 1.165) is 5.69 Å². The number of hydrogen-bond acceptors (Lipinski definition) is 2. The molecule has 1 heterocycles. The summed E-state index contributed by atoms with van der Waals surface area (Å²) in [7, 11) is 0. The Balaban J connectivity index is 2.77. The Labute approximate surface area is 82.2 Å². The van der Waals surface area contributed by atoms with Crippen molar-refractivity contribution in [2.75, 3.05) is 5.73 Å². The van der Waals surface area contributed by atoms with E-state index in [1.807, 2.05) is 6.07 Å². The summed E-state index contributed by atoms with van der Waals surface area (Å²) in [5.41, 5.74) is 8.06. The van der Waals surface area contributed by atoms with Crippen LogP contribution in [0, 0.1) is 0 Å². The molecular formula is C11H13NS. The largest absolute Gasteiger partial charge is 0.399 e. The molecule has 13 heavy (non-hydrogen) atoms. The lowest BCUT2D eigenvalue weighted by Crippen LogP contribution is -1.91. The molecule has 0 aliphatic heterocycles. The van der Waals surface area contributed by atoms with Gasteiger partial charge in [0.15, 0.2) is 0 Å². The first-order valence-electron chi connectivity index (χ1n) is 4.45. The Hall–Kier alpha value is -1.02. The minimum Gasteiger partial charge on any atom is -0.399 e. The second-order valence-electron chi connectivity index (χ2n) is 3.60. The highest BCUT2D eigenvalue weighted by molar-refractivity contribution is 7.17. The molecule has 2 heteroatoms. The lowest BCUT2D eigenvalue weighted by atomic mass is 10.0. The highest BCUT2D eigenvalue weighted by atomic mass is 32.1. The first-order chi connectivity index (χ1) is 6.18. The van der Waals surface area contributed by atoms with Gasteiger partial charge in [-0.3, -0.25) is 0 Å². The molecule has 1 aromatic heterocycles. The molecule has 0 saturated heterocycles. The molecule has 0 fully saturated rings. The van der Waals surface area contributed by atoms with Gasteiger partial charge in [-0.2, -0.15) is 0 Å². The van der Waals surface area contributed by atoms with Crippen LogP contribution in [-0.2, 0) is 0 Å². The fourth-order valence-corrected chi connectivity index (χ4v) is 2.61. The maximum atomic E-state index is 5.83. The van der Waals surface area contributed by atoms with Crippen molar-refractivity contribution in [2.24, 2.45) is 0 Å². The summed E-state index contributed by atoms with van der Waals surface area (Å²) < 4.78 is 1.38. The van der Waals surface area contributed by atoms with Crippen molar-refractivity contribution in [3.63, 3.8) is 0 Å². The molecule has 2 aromatic rings. The SMILES string of the molecule is CC(C)c1cc(N)cc2ccsc12. The number of nitrogen functional groups attached to an aromatic ring is 1. The smallest absolute Gasteiger partial charge is 0.0378 e. The average Bonchev–Trinajstić information content (AvgIpc) is 2.49. The van der Waals surface area contributed by atoms with Crippen molar-refractivity contribution in [3.8, 4) is 0 Å². The molecule has 68 valence electrons. The molecule has 0 amide bonds. The van der Waals surface area contributed by atoms with Crippen LogP contribution in [0.1, 0.15) is 25.3 Å². The van der Waals surface area contributed by atoms with E-state index >= 15 is 0 Å². The van der Waals surface area contributed by atoms with Gasteiger partial charge in [0.25, 0.3) is 0 Å². The molecule has 0 aliphatic carbocycles. The Kier molecular flexibility index (Phi) is 2.00. The Morgan fingerprint density at radius 1 is 1.31 bits per heavy atom. The number of benzene rings is 1. The molecule has 0 radical (unpaired) electrons. The molecule has 0 bridgehead atoms. The van der Waals surface area contributed by atoms with Crippen LogP contribution in [-0.4, -0.2) is 0 Å².